The number of rotatable bonds is 6. The third kappa shape index (κ3) is 5.08. The normalized spacial score (nSPS) is 13.5. The number of nitrogens with one attached hydrogen (secondary N) is 1. The van der Waals surface area contributed by atoms with Crippen molar-refractivity contribution in [1.82, 2.24) is 14.6 Å². The molecule has 37 heavy (non-hydrogen) atoms. The standard InChI is InChI=1S/C25H20F3N5O4/c1-13-5-14(2)7-18(6-13)37-19-9-16(8-17(10-19)33(35)36)30-24(34)20-12-29-32-22(25(26,27)28)11-21(15-3-4-15)31-23(20)32/h5-12,15H,3-4H2,1-2H3,(H,30,34). The molecule has 1 saturated carbocycles. The molecule has 9 nitrogen and oxygen atoms in total. The van der Waals surface area contributed by atoms with Crippen molar-refractivity contribution in [2.24, 2.45) is 0 Å². The van der Waals surface area contributed by atoms with E-state index in [1.54, 1.807) is 12.1 Å². The van der Waals surface area contributed by atoms with Gasteiger partial charge in [0.15, 0.2) is 5.65 Å². The van der Waals surface area contributed by atoms with Gasteiger partial charge < -0.3 is 10.1 Å². The van der Waals surface area contributed by atoms with Gasteiger partial charge in [-0.3, -0.25) is 14.9 Å². The molecule has 1 fully saturated rings. The lowest BCUT2D eigenvalue weighted by atomic mass is 10.1. The number of nitro benzene ring substituents is 1. The van der Waals surface area contributed by atoms with Crippen LogP contribution in [0.4, 0.5) is 24.5 Å². The fraction of sp³-hybridized carbons (Fsp3) is 0.240. The van der Waals surface area contributed by atoms with Crippen LogP contribution in [0.2, 0.25) is 0 Å². The molecule has 0 atom stereocenters. The number of hydrogen-bond donors (Lipinski definition) is 1. The van der Waals surface area contributed by atoms with E-state index in [-0.39, 0.29) is 39.9 Å². The highest BCUT2D eigenvalue weighted by Gasteiger charge is 2.38. The number of aryl methyl sites for hydroxylation is 2. The van der Waals surface area contributed by atoms with Crippen LogP contribution in [0.15, 0.2) is 48.7 Å². The summed E-state index contributed by atoms with van der Waals surface area (Å²) >= 11 is 0. The summed E-state index contributed by atoms with van der Waals surface area (Å²) in [5.74, 6) is -0.364. The van der Waals surface area contributed by atoms with Gasteiger partial charge in [-0.15, -0.1) is 0 Å². The molecule has 0 radical (unpaired) electrons. The first-order valence-electron chi connectivity index (χ1n) is 11.3. The predicted molar refractivity (Wildman–Crippen MR) is 127 cm³/mol. The maximum Gasteiger partial charge on any atom is 0.433 e. The van der Waals surface area contributed by atoms with Gasteiger partial charge >= 0.3 is 6.18 Å². The Morgan fingerprint density at radius 1 is 1.08 bits per heavy atom. The van der Waals surface area contributed by atoms with E-state index in [4.69, 9.17) is 4.74 Å². The molecule has 190 valence electrons. The van der Waals surface area contributed by atoms with Crippen molar-refractivity contribution in [2.75, 3.05) is 5.32 Å². The zero-order chi connectivity index (χ0) is 26.5. The van der Waals surface area contributed by atoms with Crippen LogP contribution in [-0.2, 0) is 6.18 Å². The molecule has 0 bridgehead atoms. The van der Waals surface area contributed by atoms with Crippen LogP contribution in [-0.4, -0.2) is 25.4 Å². The zero-order valence-corrected chi connectivity index (χ0v) is 19.7. The molecule has 0 spiro atoms. The van der Waals surface area contributed by atoms with Crippen molar-refractivity contribution in [3.63, 3.8) is 0 Å². The summed E-state index contributed by atoms with van der Waals surface area (Å²) in [6.07, 6.45) is -2.28. The molecule has 4 aromatic rings. The molecule has 5 rings (SSSR count). The van der Waals surface area contributed by atoms with E-state index in [2.05, 4.69) is 15.4 Å². The van der Waals surface area contributed by atoms with Crippen LogP contribution >= 0.6 is 0 Å². The van der Waals surface area contributed by atoms with Gasteiger partial charge in [0, 0.05) is 23.7 Å². The van der Waals surface area contributed by atoms with Crippen molar-refractivity contribution in [3.8, 4) is 11.5 Å². The molecule has 1 aliphatic rings. The smallest absolute Gasteiger partial charge is 0.433 e. The van der Waals surface area contributed by atoms with Gasteiger partial charge in [-0.05, 0) is 56.0 Å². The second-order valence-corrected chi connectivity index (χ2v) is 8.98. The molecule has 2 aromatic carbocycles. The molecule has 2 aromatic heterocycles. The number of anilines is 1. The Labute approximate surface area is 208 Å². The second kappa shape index (κ2) is 8.87. The van der Waals surface area contributed by atoms with Crippen molar-refractivity contribution in [2.45, 2.75) is 38.8 Å². The van der Waals surface area contributed by atoms with E-state index < -0.39 is 22.7 Å². The fourth-order valence-electron chi connectivity index (χ4n) is 4.08. The zero-order valence-electron chi connectivity index (χ0n) is 19.7. The lowest BCUT2D eigenvalue weighted by molar-refractivity contribution is -0.384. The first-order chi connectivity index (χ1) is 17.5. The number of carbonyl (C=O) groups is 1. The minimum atomic E-state index is -4.70. The topological polar surface area (TPSA) is 112 Å². The van der Waals surface area contributed by atoms with Crippen molar-refractivity contribution in [1.29, 1.82) is 0 Å². The van der Waals surface area contributed by atoms with Crippen molar-refractivity contribution in [3.05, 3.63) is 86.9 Å². The average Bonchev–Trinajstić information content (AvgIpc) is 3.55. The quantitative estimate of drug-likeness (QED) is 0.244. The highest BCUT2D eigenvalue weighted by molar-refractivity contribution is 6.08. The minimum Gasteiger partial charge on any atom is -0.457 e. The summed E-state index contributed by atoms with van der Waals surface area (Å²) in [4.78, 5) is 28.2. The first-order valence-corrected chi connectivity index (χ1v) is 11.3. The molecular weight excluding hydrogens is 491 g/mol. The van der Waals surface area contributed by atoms with E-state index >= 15 is 0 Å². The van der Waals surface area contributed by atoms with Crippen LogP contribution in [0.3, 0.4) is 0 Å². The van der Waals surface area contributed by atoms with Crippen LogP contribution in [0, 0.1) is 24.0 Å². The van der Waals surface area contributed by atoms with E-state index in [1.165, 1.54) is 12.1 Å². The number of aromatic nitrogens is 3. The number of halogens is 3. The van der Waals surface area contributed by atoms with Gasteiger partial charge in [-0.25, -0.2) is 9.50 Å². The number of nitrogens with zero attached hydrogens (tertiary/aromatic N) is 4. The van der Waals surface area contributed by atoms with E-state index in [9.17, 15) is 28.1 Å². The summed E-state index contributed by atoms with van der Waals surface area (Å²) in [5.41, 5.74) is 0.309. The average molecular weight is 511 g/mol. The Bertz CT molecular complexity index is 1540. The third-order valence-electron chi connectivity index (χ3n) is 5.81. The number of amides is 1. The fourth-order valence-corrected chi connectivity index (χ4v) is 4.08. The van der Waals surface area contributed by atoms with Gasteiger partial charge in [0.05, 0.1) is 22.9 Å². The second-order valence-electron chi connectivity index (χ2n) is 8.98. The number of non-ortho nitro benzene ring substituents is 1. The number of carbonyl (C=O) groups excluding carboxylic acids is 1. The van der Waals surface area contributed by atoms with Gasteiger partial charge in [0.25, 0.3) is 11.6 Å². The third-order valence-corrected chi connectivity index (χ3v) is 5.81. The Morgan fingerprint density at radius 2 is 1.76 bits per heavy atom. The van der Waals surface area contributed by atoms with Gasteiger partial charge in [-0.1, -0.05) is 6.07 Å². The van der Waals surface area contributed by atoms with E-state index in [0.717, 1.165) is 29.5 Å². The lowest BCUT2D eigenvalue weighted by Crippen LogP contribution is -2.16. The van der Waals surface area contributed by atoms with Gasteiger partial charge in [0.2, 0.25) is 0 Å². The molecule has 1 aliphatic carbocycles. The number of ether oxygens (including phenoxy) is 1. The van der Waals surface area contributed by atoms with Crippen LogP contribution in [0.25, 0.3) is 5.65 Å². The number of hydrogen-bond acceptors (Lipinski definition) is 6. The van der Waals surface area contributed by atoms with E-state index in [0.29, 0.717) is 23.1 Å². The summed E-state index contributed by atoms with van der Waals surface area (Å²) in [6.45, 7) is 3.75. The van der Waals surface area contributed by atoms with Gasteiger partial charge in [0.1, 0.15) is 22.8 Å². The largest absolute Gasteiger partial charge is 0.457 e. The minimum absolute atomic E-state index is 0.0207. The first kappa shape index (κ1) is 24.2. The SMILES string of the molecule is Cc1cc(C)cc(Oc2cc(NC(=O)c3cnn4c(C(F)(F)F)cc(C5CC5)nc34)cc([N+](=O)[O-])c2)c1. The molecular formula is C25H20F3N5O4. The maximum absolute atomic E-state index is 13.7. The van der Waals surface area contributed by atoms with Crippen LogP contribution in [0.5, 0.6) is 11.5 Å². The van der Waals surface area contributed by atoms with Crippen LogP contribution < -0.4 is 10.1 Å². The number of fused-ring (bicyclic) bond motifs is 1. The highest BCUT2D eigenvalue weighted by atomic mass is 19.4. The monoisotopic (exact) mass is 511 g/mol. The van der Waals surface area contributed by atoms with Crippen molar-refractivity contribution < 1.29 is 27.6 Å². The van der Waals surface area contributed by atoms with Crippen LogP contribution in [0.1, 0.15) is 51.6 Å². The number of nitro groups is 1. The molecule has 1 N–H and O–H groups in total. The Morgan fingerprint density at radius 3 is 2.38 bits per heavy atom. The molecule has 0 unspecified atom stereocenters. The van der Waals surface area contributed by atoms with E-state index in [1.807, 2.05) is 19.9 Å². The predicted octanol–water partition coefficient (Wildman–Crippen LogP) is 6.20. The molecule has 0 saturated heterocycles. The maximum atomic E-state index is 13.7. The van der Waals surface area contributed by atoms with Crippen molar-refractivity contribution >= 4 is 22.9 Å². The Balaban J connectivity index is 1.50. The van der Waals surface area contributed by atoms with Gasteiger partial charge in [-0.2, -0.15) is 18.3 Å². The highest BCUT2D eigenvalue weighted by Crippen LogP contribution is 2.41. The summed E-state index contributed by atoms with van der Waals surface area (Å²) in [7, 11) is 0. The Hall–Kier alpha value is -4.48. The Kier molecular flexibility index (Phi) is 5.81. The summed E-state index contributed by atoms with van der Waals surface area (Å²) < 4.78 is 47.4. The molecule has 12 heteroatoms. The molecule has 2 heterocycles. The molecule has 0 aliphatic heterocycles. The summed E-state index contributed by atoms with van der Waals surface area (Å²) in [5, 5.41) is 17.8. The number of benzene rings is 2. The number of alkyl halides is 3. The lowest BCUT2D eigenvalue weighted by Gasteiger charge is -2.12. The summed E-state index contributed by atoms with van der Waals surface area (Å²) in [6, 6.07) is 10.1. The molecule has 1 amide bonds.